The Labute approximate surface area is 122 Å². The Hall–Kier alpha value is -3.00. The molecule has 2 heterocycles. The van der Waals surface area contributed by atoms with Crippen LogP contribution in [0.4, 0.5) is 5.95 Å². The van der Waals surface area contributed by atoms with E-state index in [4.69, 9.17) is 0 Å². The minimum Gasteiger partial charge on any atom is -0.354 e. The van der Waals surface area contributed by atoms with Crippen LogP contribution in [0.25, 0.3) is 22.2 Å². The third kappa shape index (κ3) is 2.51. The molecule has 3 aromatic rings. The fraction of sp³-hybridized carbons (Fsp3) is 0.125. The van der Waals surface area contributed by atoms with Crippen LogP contribution in [-0.2, 0) is 0 Å². The first-order chi connectivity index (χ1) is 10.3. The summed E-state index contributed by atoms with van der Waals surface area (Å²) < 4.78 is 0. The van der Waals surface area contributed by atoms with Crippen molar-refractivity contribution in [3.63, 3.8) is 0 Å². The quantitative estimate of drug-likeness (QED) is 0.795. The summed E-state index contributed by atoms with van der Waals surface area (Å²) in [4.78, 5) is 13.0. The van der Waals surface area contributed by atoms with Gasteiger partial charge in [0.05, 0.1) is 11.2 Å². The first-order valence-corrected chi connectivity index (χ1v) is 6.69. The molecule has 0 saturated heterocycles. The van der Waals surface area contributed by atoms with Gasteiger partial charge in [-0.05, 0) is 25.1 Å². The topological polar surface area (TPSA) is 74.5 Å². The largest absolute Gasteiger partial charge is 0.354 e. The molecule has 1 aromatic carbocycles. The molecule has 0 aliphatic rings. The van der Waals surface area contributed by atoms with Crippen LogP contribution in [0.5, 0.6) is 0 Å². The summed E-state index contributed by atoms with van der Waals surface area (Å²) in [6.07, 6.45) is 1.68. The number of anilines is 1. The van der Waals surface area contributed by atoms with E-state index in [1.165, 1.54) is 0 Å². The van der Waals surface area contributed by atoms with Crippen molar-refractivity contribution in [2.45, 2.75) is 6.92 Å². The van der Waals surface area contributed by atoms with Gasteiger partial charge in [-0.2, -0.15) is 5.26 Å². The zero-order valence-corrected chi connectivity index (χ0v) is 11.5. The third-order valence-electron chi connectivity index (χ3n) is 3.10. The van der Waals surface area contributed by atoms with E-state index in [1.807, 2.05) is 37.3 Å². The van der Waals surface area contributed by atoms with Gasteiger partial charge in [0.2, 0.25) is 5.95 Å². The highest BCUT2D eigenvalue weighted by Gasteiger charge is 2.10. The second kappa shape index (κ2) is 5.55. The van der Waals surface area contributed by atoms with E-state index in [9.17, 15) is 5.26 Å². The van der Waals surface area contributed by atoms with E-state index in [0.29, 0.717) is 17.3 Å². The van der Waals surface area contributed by atoms with Crippen LogP contribution >= 0.6 is 0 Å². The van der Waals surface area contributed by atoms with Crippen molar-refractivity contribution in [3.8, 4) is 17.3 Å². The molecule has 3 rings (SSSR count). The average Bonchev–Trinajstić information content (AvgIpc) is 2.54. The van der Waals surface area contributed by atoms with Crippen molar-refractivity contribution in [3.05, 3.63) is 48.3 Å². The van der Waals surface area contributed by atoms with Crippen molar-refractivity contribution in [1.29, 1.82) is 5.26 Å². The van der Waals surface area contributed by atoms with Gasteiger partial charge in [-0.25, -0.2) is 15.0 Å². The normalized spacial score (nSPS) is 10.3. The summed E-state index contributed by atoms with van der Waals surface area (Å²) >= 11 is 0. The molecule has 21 heavy (non-hydrogen) atoms. The van der Waals surface area contributed by atoms with Crippen LogP contribution in [0.3, 0.4) is 0 Å². The van der Waals surface area contributed by atoms with Crippen LogP contribution in [0.15, 0.2) is 42.6 Å². The molecule has 5 heteroatoms. The number of hydrogen-bond acceptors (Lipinski definition) is 5. The predicted octanol–water partition coefficient (Wildman–Crippen LogP) is 3.00. The number of aromatic nitrogens is 3. The monoisotopic (exact) mass is 275 g/mol. The molecule has 1 N–H and O–H groups in total. The molecule has 0 aliphatic heterocycles. The molecular weight excluding hydrogens is 262 g/mol. The number of pyridine rings is 1. The molecule has 102 valence electrons. The number of nitriles is 1. The Morgan fingerprint density at radius 3 is 2.86 bits per heavy atom. The summed E-state index contributed by atoms with van der Waals surface area (Å²) in [6, 6.07) is 13.6. The van der Waals surface area contributed by atoms with Gasteiger partial charge in [-0.3, -0.25) is 0 Å². The van der Waals surface area contributed by atoms with Crippen LogP contribution < -0.4 is 5.32 Å². The van der Waals surface area contributed by atoms with Crippen LogP contribution in [0.1, 0.15) is 12.6 Å². The molecule has 0 radical (unpaired) electrons. The maximum absolute atomic E-state index is 9.34. The number of rotatable bonds is 3. The lowest BCUT2D eigenvalue weighted by molar-refractivity contribution is 1.09. The summed E-state index contributed by atoms with van der Waals surface area (Å²) in [5, 5.41) is 13.4. The molecular formula is C16H13N5. The highest BCUT2D eigenvalue weighted by Crippen LogP contribution is 2.25. The molecule has 0 saturated carbocycles. The van der Waals surface area contributed by atoms with E-state index in [1.54, 1.807) is 12.3 Å². The molecule has 0 unspecified atom stereocenters. The summed E-state index contributed by atoms with van der Waals surface area (Å²) in [5.74, 6) is 0.548. The van der Waals surface area contributed by atoms with Crippen LogP contribution in [0, 0.1) is 11.3 Å². The molecule has 0 aliphatic carbocycles. The number of benzene rings is 1. The third-order valence-corrected chi connectivity index (χ3v) is 3.10. The number of nitrogens with one attached hydrogen (secondary N) is 1. The lowest BCUT2D eigenvalue weighted by Gasteiger charge is -2.07. The fourth-order valence-corrected chi connectivity index (χ4v) is 2.15. The second-order valence-corrected chi connectivity index (χ2v) is 4.48. The van der Waals surface area contributed by atoms with E-state index < -0.39 is 0 Å². The standard InChI is InChI=1S/C16H13N5/c1-2-18-16-19-8-7-14(21-16)12-9-11-5-3-4-6-13(11)20-15(12)10-17/h3-9H,2H2,1H3,(H,18,19,21). The first kappa shape index (κ1) is 13.0. The summed E-state index contributed by atoms with van der Waals surface area (Å²) in [6.45, 7) is 2.72. The van der Waals surface area contributed by atoms with Crippen molar-refractivity contribution >= 4 is 16.9 Å². The van der Waals surface area contributed by atoms with Gasteiger partial charge in [0.15, 0.2) is 5.69 Å². The maximum atomic E-state index is 9.34. The zero-order chi connectivity index (χ0) is 14.7. The molecule has 0 spiro atoms. The number of para-hydroxylation sites is 1. The lowest BCUT2D eigenvalue weighted by Crippen LogP contribution is -2.03. The van der Waals surface area contributed by atoms with E-state index in [0.717, 1.165) is 23.0 Å². The van der Waals surface area contributed by atoms with E-state index in [2.05, 4.69) is 26.3 Å². The highest BCUT2D eigenvalue weighted by molar-refractivity contribution is 5.85. The molecule has 0 fully saturated rings. The molecule has 0 bridgehead atoms. The molecule has 0 amide bonds. The maximum Gasteiger partial charge on any atom is 0.223 e. The van der Waals surface area contributed by atoms with Gasteiger partial charge in [0.1, 0.15) is 6.07 Å². The van der Waals surface area contributed by atoms with Gasteiger partial charge in [-0.1, -0.05) is 18.2 Å². The Balaban J connectivity index is 2.19. The summed E-state index contributed by atoms with van der Waals surface area (Å²) in [5.41, 5.74) is 2.59. The molecule has 2 aromatic heterocycles. The Kier molecular flexibility index (Phi) is 3.44. The van der Waals surface area contributed by atoms with E-state index >= 15 is 0 Å². The van der Waals surface area contributed by atoms with Gasteiger partial charge in [0.25, 0.3) is 0 Å². The van der Waals surface area contributed by atoms with Crippen molar-refractivity contribution in [1.82, 2.24) is 15.0 Å². The number of hydrogen-bond donors (Lipinski definition) is 1. The van der Waals surface area contributed by atoms with Crippen molar-refractivity contribution in [2.24, 2.45) is 0 Å². The fourth-order valence-electron chi connectivity index (χ4n) is 2.15. The first-order valence-electron chi connectivity index (χ1n) is 6.69. The smallest absolute Gasteiger partial charge is 0.223 e. The zero-order valence-electron chi connectivity index (χ0n) is 11.5. The lowest BCUT2D eigenvalue weighted by atomic mass is 10.1. The molecule has 0 atom stereocenters. The van der Waals surface area contributed by atoms with Gasteiger partial charge >= 0.3 is 0 Å². The van der Waals surface area contributed by atoms with Crippen molar-refractivity contribution in [2.75, 3.05) is 11.9 Å². The van der Waals surface area contributed by atoms with Gasteiger partial charge in [-0.15, -0.1) is 0 Å². The Bertz CT molecular complexity index is 835. The second-order valence-electron chi connectivity index (χ2n) is 4.48. The summed E-state index contributed by atoms with van der Waals surface area (Å²) in [7, 11) is 0. The average molecular weight is 275 g/mol. The molecule has 5 nitrogen and oxygen atoms in total. The number of nitrogens with zero attached hydrogens (tertiary/aromatic N) is 4. The van der Waals surface area contributed by atoms with Crippen LogP contribution in [0.2, 0.25) is 0 Å². The highest BCUT2D eigenvalue weighted by atomic mass is 15.1. The van der Waals surface area contributed by atoms with Gasteiger partial charge in [0, 0.05) is 23.7 Å². The Morgan fingerprint density at radius 1 is 1.19 bits per heavy atom. The van der Waals surface area contributed by atoms with E-state index in [-0.39, 0.29) is 0 Å². The van der Waals surface area contributed by atoms with Gasteiger partial charge < -0.3 is 5.32 Å². The van der Waals surface area contributed by atoms with Crippen LogP contribution in [-0.4, -0.2) is 21.5 Å². The van der Waals surface area contributed by atoms with Crippen molar-refractivity contribution < 1.29 is 0 Å². The predicted molar refractivity (Wildman–Crippen MR) is 81.6 cm³/mol. The minimum absolute atomic E-state index is 0.370. The Morgan fingerprint density at radius 2 is 2.05 bits per heavy atom. The number of fused-ring (bicyclic) bond motifs is 1. The minimum atomic E-state index is 0.370. The SMILES string of the molecule is CCNc1nccc(-c2cc3ccccc3nc2C#N)n1.